The number of halogens is 4. The van der Waals surface area contributed by atoms with Crippen molar-refractivity contribution < 1.29 is 51.8 Å². The number of carboxylic acids is 1. The van der Waals surface area contributed by atoms with Crippen LogP contribution in [0.5, 0.6) is 11.5 Å². The number of aromatic carboxylic acids is 1. The molecule has 0 radical (unpaired) electrons. The number of esters is 2. The van der Waals surface area contributed by atoms with Crippen LogP contribution in [0.15, 0.2) is 30.3 Å². The van der Waals surface area contributed by atoms with E-state index in [9.17, 15) is 42.8 Å². The summed E-state index contributed by atoms with van der Waals surface area (Å²) in [6.45, 7) is 2.72. The van der Waals surface area contributed by atoms with Crippen LogP contribution in [0, 0.1) is 10.1 Å². The monoisotopic (exact) mass is 533 g/mol. The molecule has 0 aliphatic rings. The van der Waals surface area contributed by atoms with E-state index in [-0.39, 0.29) is 19.0 Å². The zero-order chi connectivity index (χ0) is 27.2. The van der Waals surface area contributed by atoms with Crippen LogP contribution in [-0.4, -0.2) is 41.2 Å². The van der Waals surface area contributed by atoms with E-state index >= 15 is 0 Å². The highest BCUT2D eigenvalue weighted by molar-refractivity contribution is 6.32. The largest absolute Gasteiger partial charge is 0.477 e. The summed E-state index contributed by atoms with van der Waals surface area (Å²) >= 11 is 5.88. The molecule has 0 heterocycles. The van der Waals surface area contributed by atoms with Gasteiger partial charge in [-0.2, -0.15) is 13.2 Å². The van der Waals surface area contributed by atoms with Crippen LogP contribution >= 0.6 is 11.6 Å². The first kappa shape index (κ1) is 28.4. The van der Waals surface area contributed by atoms with E-state index < -0.39 is 74.5 Å². The van der Waals surface area contributed by atoms with Gasteiger partial charge in [0.25, 0.3) is 5.69 Å². The zero-order valence-electron chi connectivity index (χ0n) is 18.8. The maximum Gasteiger partial charge on any atom is 0.416 e. The number of nitro groups is 1. The summed E-state index contributed by atoms with van der Waals surface area (Å²) in [6, 6.07) is 3.76. The Labute approximate surface area is 206 Å². The highest BCUT2D eigenvalue weighted by Gasteiger charge is 2.37. The van der Waals surface area contributed by atoms with Gasteiger partial charge in [-0.15, -0.1) is 0 Å². The Kier molecular flexibility index (Phi) is 9.23. The molecule has 0 fully saturated rings. The predicted molar refractivity (Wildman–Crippen MR) is 117 cm³/mol. The van der Waals surface area contributed by atoms with Crippen LogP contribution in [-0.2, 0) is 25.2 Å². The van der Waals surface area contributed by atoms with E-state index in [4.69, 9.17) is 25.8 Å². The fourth-order valence-electron chi connectivity index (χ4n) is 3.16. The van der Waals surface area contributed by atoms with Gasteiger partial charge in [0.1, 0.15) is 17.1 Å². The molecule has 194 valence electrons. The number of nitrogens with zero attached hydrogens (tertiary/aromatic N) is 1. The molecule has 2 aromatic rings. The number of carbonyl (C=O) groups is 3. The average Bonchev–Trinajstić information content (AvgIpc) is 2.77. The number of hydrogen-bond donors (Lipinski definition) is 1. The van der Waals surface area contributed by atoms with Gasteiger partial charge in [0, 0.05) is 11.6 Å². The normalized spacial score (nSPS) is 11.9. The van der Waals surface area contributed by atoms with Crippen molar-refractivity contribution in [3.8, 4) is 11.5 Å². The molecule has 0 spiro atoms. The molecule has 0 aromatic heterocycles. The van der Waals surface area contributed by atoms with Gasteiger partial charge in [0.2, 0.25) is 0 Å². The average molecular weight is 534 g/mol. The van der Waals surface area contributed by atoms with Gasteiger partial charge in [-0.05, 0) is 38.1 Å². The molecule has 2 aromatic carbocycles. The zero-order valence-corrected chi connectivity index (χ0v) is 19.5. The fraction of sp³-hybridized carbons (Fsp3) is 0.318. The standard InChI is InChI=1S/C22H19ClF3NO9/c1-3-34-18(28)10-14(21(31)35-4-2)13-8-12(9-15(20(29)30)19(13)27(32)33)36-17-6-5-11(7-16(17)23)22(24,25)26/h5-9,14H,3-4,10H2,1-2H3,(H,29,30). The van der Waals surface area contributed by atoms with E-state index in [0.29, 0.717) is 12.1 Å². The number of alkyl halides is 3. The lowest BCUT2D eigenvalue weighted by atomic mass is 9.91. The van der Waals surface area contributed by atoms with Crippen LogP contribution in [0.3, 0.4) is 0 Å². The summed E-state index contributed by atoms with van der Waals surface area (Å²) in [5.41, 5.74) is -3.53. The summed E-state index contributed by atoms with van der Waals surface area (Å²) in [6.07, 6.45) is -5.42. The van der Waals surface area contributed by atoms with E-state index in [1.807, 2.05) is 0 Å². The second-order valence-corrected chi connectivity index (χ2v) is 7.44. The Morgan fingerprint density at radius 2 is 1.75 bits per heavy atom. The van der Waals surface area contributed by atoms with E-state index in [0.717, 1.165) is 18.2 Å². The molecule has 0 saturated heterocycles. The Balaban J connectivity index is 2.70. The van der Waals surface area contributed by atoms with Crippen LogP contribution in [0.4, 0.5) is 18.9 Å². The maximum atomic E-state index is 12.9. The molecule has 0 aliphatic carbocycles. The molecule has 36 heavy (non-hydrogen) atoms. The van der Waals surface area contributed by atoms with Crippen molar-refractivity contribution >= 4 is 35.2 Å². The Hall–Kier alpha value is -3.87. The third kappa shape index (κ3) is 6.84. The molecule has 2 rings (SSSR count). The molecule has 10 nitrogen and oxygen atoms in total. The van der Waals surface area contributed by atoms with Crippen molar-refractivity contribution in [2.45, 2.75) is 32.4 Å². The van der Waals surface area contributed by atoms with Crippen LogP contribution < -0.4 is 4.74 Å². The highest BCUT2D eigenvalue weighted by Crippen LogP contribution is 2.40. The van der Waals surface area contributed by atoms with Crippen LogP contribution in [0.25, 0.3) is 0 Å². The third-order valence-corrected chi connectivity index (χ3v) is 4.93. The lowest BCUT2D eigenvalue weighted by Gasteiger charge is -2.18. The number of ether oxygens (including phenoxy) is 3. The van der Waals surface area contributed by atoms with Gasteiger partial charge in [0.05, 0.1) is 41.1 Å². The SMILES string of the molecule is CCOC(=O)CC(C(=O)OCC)c1cc(Oc2ccc(C(F)(F)F)cc2Cl)cc(C(=O)O)c1[N+](=O)[O-]. The van der Waals surface area contributed by atoms with Gasteiger partial charge in [-0.1, -0.05) is 11.6 Å². The molecule has 0 aliphatic heterocycles. The molecular weight excluding hydrogens is 515 g/mol. The topological polar surface area (TPSA) is 142 Å². The number of hydrogen-bond acceptors (Lipinski definition) is 8. The highest BCUT2D eigenvalue weighted by atomic mass is 35.5. The second kappa shape index (κ2) is 11.7. The van der Waals surface area contributed by atoms with Crippen molar-refractivity contribution in [1.82, 2.24) is 0 Å². The van der Waals surface area contributed by atoms with E-state index in [1.165, 1.54) is 13.8 Å². The summed E-state index contributed by atoms with van der Waals surface area (Å²) < 4.78 is 53.9. The minimum Gasteiger partial charge on any atom is -0.477 e. The lowest BCUT2D eigenvalue weighted by Crippen LogP contribution is -2.22. The van der Waals surface area contributed by atoms with Crippen LogP contribution in [0.2, 0.25) is 5.02 Å². The molecule has 1 unspecified atom stereocenters. The smallest absolute Gasteiger partial charge is 0.416 e. The van der Waals surface area contributed by atoms with Crippen molar-refractivity contribution in [2.75, 3.05) is 13.2 Å². The number of rotatable bonds is 10. The number of benzene rings is 2. The summed E-state index contributed by atoms with van der Waals surface area (Å²) in [4.78, 5) is 47.3. The molecule has 1 atom stereocenters. The van der Waals surface area contributed by atoms with E-state index in [1.54, 1.807) is 0 Å². The molecule has 14 heteroatoms. The number of nitro benzene ring substituents is 1. The summed E-state index contributed by atoms with van der Waals surface area (Å²) in [7, 11) is 0. The minimum atomic E-state index is -4.70. The molecule has 1 N–H and O–H groups in total. The Morgan fingerprint density at radius 1 is 1.11 bits per heavy atom. The first-order chi connectivity index (χ1) is 16.8. The van der Waals surface area contributed by atoms with Gasteiger partial charge in [-0.3, -0.25) is 19.7 Å². The minimum absolute atomic E-state index is 0.0631. The van der Waals surface area contributed by atoms with Crippen molar-refractivity contribution in [3.05, 3.63) is 62.2 Å². The Morgan fingerprint density at radius 3 is 2.25 bits per heavy atom. The van der Waals surface area contributed by atoms with Gasteiger partial charge >= 0.3 is 24.1 Å². The van der Waals surface area contributed by atoms with Crippen molar-refractivity contribution in [1.29, 1.82) is 0 Å². The first-order valence-corrected chi connectivity index (χ1v) is 10.6. The maximum absolute atomic E-state index is 12.9. The summed E-state index contributed by atoms with van der Waals surface area (Å²) in [5, 5.41) is 20.9. The Bertz CT molecular complexity index is 1180. The molecule has 0 saturated carbocycles. The number of carbonyl (C=O) groups excluding carboxylic acids is 2. The van der Waals surface area contributed by atoms with Crippen molar-refractivity contribution in [3.63, 3.8) is 0 Å². The van der Waals surface area contributed by atoms with Gasteiger partial charge < -0.3 is 19.3 Å². The van der Waals surface area contributed by atoms with Crippen molar-refractivity contribution in [2.24, 2.45) is 0 Å². The molecule has 0 amide bonds. The van der Waals surface area contributed by atoms with Gasteiger partial charge in [-0.25, -0.2) is 4.79 Å². The molecular formula is C22H19ClF3NO9. The lowest BCUT2D eigenvalue weighted by molar-refractivity contribution is -0.386. The van der Waals surface area contributed by atoms with Gasteiger partial charge in [0.15, 0.2) is 0 Å². The number of carboxylic acid groups (broad SMARTS) is 1. The third-order valence-electron chi connectivity index (χ3n) is 4.64. The van der Waals surface area contributed by atoms with Crippen LogP contribution in [0.1, 0.15) is 47.7 Å². The predicted octanol–water partition coefficient (Wildman–Crippen LogP) is 5.36. The fourth-order valence-corrected chi connectivity index (χ4v) is 3.38. The second-order valence-electron chi connectivity index (χ2n) is 7.03. The molecule has 0 bridgehead atoms. The quantitative estimate of drug-likeness (QED) is 0.242. The van der Waals surface area contributed by atoms with E-state index in [2.05, 4.69) is 0 Å². The first-order valence-electron chi connectivity index (χ1n) is 10.2. The summed E-state index contributed by atoms with van der Waals surface area (Å²) in [5.74, 6) is -6.17.